The highest BCUT2D eigenvalue weighted by Gasteiger charge is 2.16. The van der Waals surface area contributed by atoms with Crippen molar-refractivity contribution in [2.75, 3.05) is 0 Å². The minimum atomic E-state index is 1.06. The molecule has 0 atom stereocenters. The van der Waals surface area contributed by atoms with E-state index in [-0.39, 0.29) is 0 Å². The lowest BCUT2D eigenvalue weighted by atomic mass is 9.88. The number of nitrogens with zero attached hydrogens (tertiary/aromatic N) is 2. The van der Waals surface area contributed by atoms with Gasteiger partial charge in [0.2, 0.25) is 0 Å². The maximum absolute atomic E-state index is 5.23. The number of unbranched alkanes of at least 4 members (excludes halogenated alkanes) is 20. The van der Waals surface area contributed by atoms with E-state index in [4.69, 9.17) is 9.97 Å². The van der Waals surface area contributed by atoms with Crippen molar-refractivity contribution in [3.8, 4) is 22.5 Å². The van der Waals surface area contributed by atoms with Crippen LogP contribution >= 0.6 is 0 Å². The summed E-state index contributed by atoms with van der Waals surface area (Å²) < 4.78 is 0. The monoisotopic (exact) mass is 721 g/mol. The predicted molar refractivity (Wildman–Crippen MR) is 237 cm³/mol. The average Bonchev–Trinajstić information content (AvgIpc) is 3.21. The second kappa shape index (κ2) is 21.9. The normalized spacial score (nSPS) is 11.8. The van der Waals surface area contributed by atoms with Gasteiger partial charge in [0.05, 0.1) is 11.4 Å². The van der Waals surface area contributed by atoms with Crippen molar-refractivity contribution in [3.63, 3.8) is 0 Å². The molecule has 4 aromatic carbocycles. The van der Waals surface area contributed by atoms with Crippen LogP contribution in [0, 0.1) is 0 Å². The first-order chi connectivity index (χ1) is 26.8. The molecule has 0 fully saturated rings. The van der Waals surface area contributed by atoms with E-state index >= 15 is 0 Å². The van der Waals surface area contributed by atoms with E-state index in [0.29, 0.717) is 0 Å². The van der Waals surface area contributed by atoms with Crippen LogP contribution in [0.25, 0.3) is 54.8 Å². The van der Waals surface area contributed by atoms with Gasteiger partial charge in [0.25, 0.3) is 0 Å². The first-order valence-corrected chi connectivity index (χ1v) is 22.4. The zero-order valence-electron chi connectivity index (χ0n) is 33.9. The molecule has 0 aliphatic heterocycles. The molecule has 6 aromatic rings. The number of benzene rings is 4. The van der Waals surface area contributed by atoms with Crippen LogP contribution in [0.4, 0.5) is 0 Å². The van der Waals surface area contributed by atoms with E-state index in [1.807, 2.05) is 0 Å². The molecule has 0 bridgehead atoms. The Bertz CT molecular complexity index is 1830. The maximum atomic E-state index is 5.23. The van der Waals surface area contributed by atoms with E-state index in [2.05, 4.69) is 98.8 Å². The Labute approximate surface area is 327 Å². The average molecular weight is 721 g/mol. The lowest BCUT2D eigenvalue weighted by Gasteiger charge is -2.16. The van der Waals surface area contributed by atoms with Crippen molar-refractivity contribution in [2.24, 2.45) is 0 Å². The van der Waals surface area contributed by atoms with Crippen molar-refractivity contribution in [1.82, 2.24) is 9.97 Å². The molecule has 0 saturated heterocycles. The second-order valence-corrected chi connectivity index (χ2v) is 16.2. The zero-order chi connectivity index (χ0) is 37.2. The Morgan fingerprint density at radius 3 is 1.04 bits per heavy atom. The van der Waals surface area contributed by atoms with Crippen molar-refractivity contribution in [2.45, 2.75) is 168 Å². The number of rotatable bonds is 26. The smallest absolute Gasteiger partial charge is 0.0711 e. The van der Waals surface area contributed by atoms with E-state index in [1.54, 1.807) is 0 Å². The van der Waals surface area contributed by atoms with Gasteiger partial charge in [-0.1, -0.05) is 203 Å². The largest absolute Gasteiger partial charge is 0.253 e. The van der Waals surface area contributed by atoms with Crippen LogP contribution in [-0.2, 0) is 12.8 Å². The van der Waals surface area contributed by atoms with Crippen LogP contribution < -0.4 is 0 Å². The van der Waals surface area contributed by atoms with E-state index in [1.165, 1.54) is 196 Å². The van der Waals surface area contributed by atoms with Gasteiger partial charge >= 0.3 is 0 Å². The molecular formula is C52H68N2. The third kappa shape index (κ3) is 11.1. The molecule has 0 aliphatic carbocycles. The highest BCUT2D eigenvalue weighted by Crippen LogP contribution is 2.41. The van der Waals surface area contributed by atoms with Crippen molar-refractivity contribution >= 4 is 32.3 Å². The summed E-state index contributed by atoms with van der Waals surface area (Å²) in [5.41, 5.74) is 7.08. The summed E-state index contributed by atoms with van der Waals surface area (Å²) in [6.45, 7) is 4.59. The molecule has 2 heterocycles. The van der Waals surface area contributed by atoms with Crippen molar-refractivity contribution in [3.05, 3.63) is 96.3 Å². The number of pyridine rings is 2. The molecule has 0 radical (unpaired) electrons. The minimum Gasteiger partial charge on any atom is -0.253 e. The van der Waals surface area contributed by atoms with Crippen LogP contribution in [0.3, 0.4) is 0 Å². The third-order valence-electron chi connectivity index (χ3n) is 11.9. The van der Waals surface area contributed by atoms with Crippen LogP contribution in [0.2, 0.25) is 0 Å². The van der Waals surface area contributed by atoms with Gasteiger partial charge < -0.3 is 0 Å². The molecule has 2 heteroatoms. The summed E-state index contributed by atoms with van der Waals surface area (Å²) >= 11 is 0. The summed E-state index contributed by atoms with van der Waals surface area (Å²) in [5.74, 6) is 0. The fourth-order valence-corrected chi connectivity index (χ4v) is 8.73. The number of aromatic nitrogens is 2. The Morgan fingerprint density at radius 2 is 0.667 bits per heavy atom. The SMILES string of the molecule is CCCCCCCCCCCCCc1cccc(-c2ccc3ccc4c(-c5cccc(CCCCCCCCCCCCC)n5)ccc5ccc2c3c54)n1. The quantitative estimate of drug-likeness (QED) is 0.0412. The fourth-order valence-electron chi connectivity index (χ4n) is 8.73. The molecule has 2 aromatic heterocycles. The lowest BCUT2D eigenvalue weighted by molar-refractivity contribution is 0.549. The number of aryl methyl sites for hydroxylation is 2. The Balaban J connectivity index is 1.08. The second-order valence-electron chi connectivity index (χ2n) is 16.2. The first kappa shape index (κ1) is 39.9. The molecule has 0 N–H and O–H groups in total. The van der Waals surface area contributed by atoms with Crippen LogP contribution in [-0.4, -0.2) is 9.97 Å². The number of hydrogen-bond donors (Lipinski definition) is 0. The van der Waals surface area contributed by atoms with Crippen LogP contribution in [0.5, 0.6) is 0 Å². The van der Waals surface area contributed by atoms with Gasteiger partial charge in [0, 0.05) is 22.5 Å². The fraction of sp³-hybridized carbons (Fsp3) is 0.500. The lowest BCUT2D eigenvalue weighted by Crippen LogP contribution is -1.95. The molecule has 0 amide bonds. The number of hydrogen-bond acceptors (Lipinski definition) is 2. The topological polar surface area (TPSA) is 25.8 Å². The summed E-state index contributed by atoms with van der Waals surface area (Å²) in [6.07, 6.45) is 32.3. The van der Waals surface area contributed by atoms with Gasteiger partial charge in [0.1, 0.15) is 0 Å². The van der Waals surface area contributed by atoms with E-state index in [0.717, 1.165) is 24.2 Å². The zero-order valence-corrected chi connectivity index (χ0v) is 33.9. The van der Waals surface area contributed by atoms with Crippen LogP contribution in [0.1, 0.15) is 166 Å². The molecule has 2 nitrogen and oxygen atoms in total. The van der Waals surface area contributed by atoms with Crippen LogP contribution in [0.15, 0.2) is 84.9 Å². The minimum absolute atomic E-state index is 1.06. The van der Waals surface area contributed by atoms with Gasteiger partial charge in [-0.2, -0.15) is 0 Å². The Morgan fingerprint density at radius 1 is 0.333 bits per heavy atom. The third-order valence-corrected chi connectivity index (χ3v) is 11.9. The standard InChI is InChI=1S/C52H68N2/c1-3-5-7-9-11-13-15-17-19-21-23-27-43-29-25-31-49(53-43)45-37-33-41-36-40-48-46(38-34-42-35-39-47(45)51(41)52(42)48)50-32-26-30-44(54-50)28-24-22-20-18-16-14-12-10-8-6-4-2/h25-26,29-40H,3-24,27-28H2,1-2H3. The van der Waals surface area contributed by atoms with Gasteiger partial charge in [-0.25, -0.2) is 0 Å². The molecule has 6 rings (SSSR count). The maximum Gasteiger partial charge on any atom is 0.0711 e. The van der Waals surface area contributed by atoms with Crippen molar-refractivity contribution in [1.29, 1.82) is 0 Å². The molecule has 286 valence electrons. The van der Waals surface area contributed by atoms with Gasteiger partial charge in [-0.3, -0.25) is 9.97 Å². The molecule has 0 unspecified atom stereocenters. The van der Waals surface area contributed by atoms with Gasteiger partial charge in [-0.15, -0.1) is 0 Å². The molecule has 54 heavy (non-hydrogen) atoms. The Hall–Kier alpha value is -3.78. The van der Waals surface area contributed by atoms with Gasteiger partial charge in [-0.05, 0) is 82.3 Å². The summed E-state index contributed by atoms with van der Waals surface area (Å²) in [7, 11) is 0. The van der Waals surface area contributed by atoms with Crippen molar-refractivity contribution < 1.29 is 0 Å². The molecule has 0 aliphatic rings. The summed E-state index contributed by atoms with van der Waals surface area (Å²) in [4.78, 5) is 10.5. The predicted octanol–water partition coefficient (Wildman–Crippen LogP) is 16.4. The van der Waals surface area contributed by atoms with Gasteiger partial charge in [0.15, 0.2) is 0 Å². The summed E-state index contributed by atoms with van der Waals surface area (Å²) in [5, 5.41) is 7.86. The highest BCUT2D eigenvalue weighted by molar-refractivity contribution is 6.27. The first-order valence-electron chi connectivity index (χ1n) is 22.4. The summed E-state index contributed by atoms with van der Waals surface area (Å²) in [6, 6.07) is 31.7. The van der Waals surface area contributed by atoms with E-state index in [9.17, 15) is 0 Å². The van der Waals surface area contributed by atoms with E-state index < -0.39 is 0 Å². The highest BCUT2D eigenvalue weighted by atomic mass is 14.7. The molecule has 0 saturated carbocycles. The molecular weight excluding hydrogens is 653 g/mol. The molecule has 0 spiro atoms. The Kier molecular flexibility index (Phi) is 16.2.